The third-order valence-corrected chi connectivity index (χ3v) is 1.41. The number of nitrogens with two attached hydrogens (primary N) is 1. The number of carboxylic acid groups (broad SMARTS) is 1. The molecule has 0 aromatic heterocycles. The molecule has 0 heterocycles. The average Bonchev–Trinajstić information content (AvgIpc) is 2.18. The van der Waals surface area contributed by atoms with Crippen LogP contribution in [-0.4, -0.2) is 24.1 Å². The molecule has 0 saturated carbocycles. The molecule has 0 radical (unpaired) electrons. The van der Waals surface area contributed by atoms with Gasteiger partial charge in [0, 0.05) is 6.08 Å². The first kappa shape index (κ1) is 16.6. The Labute approximate surface area is 95.6 Å². The van der Waals surface area contributed by atoms with Crippen LogP contribution in [0.5, 0.6) is 0 Å². The van der Waals surface area contributed by atoms with E-state index in [4.69, 9.17) is 15.6 Å². The van der Waals surface area contributed by atoms with Crippen LogP contribution in [0, 0.1) is 5.92 Å². The lowest BCUT2D eigenvalue weighted by Crippen LogP contribution is -2.15. The Morgan fingerprint density at radius 2 is 1.94 bits per heavy atom. The number of amides is 1. The molecule has 0 aromatic rings. The second kappa shape index (κ2) is 9.76. The van der Waals surface area contributed by atoms with E-state index in [1.54, 1.807) is 6.08 Å². The first-order valence-electron chi connectivity index (χ1n) is 4.74. The summed E-state index contributed by atoms with van der Waals surface area (Å²) in [5, 5.41) is 7.60. The van der Waals surface area contributed by atoms with E-state index >= 15 is 0 Å². The van der Waals surface area contributed by atoms with Gasteiger partial charge in [-0.3, -0.25) is 4.79 Å². The third-order valence-electron chi connectivity index (χ3n) is 1.41. The molecule has 0 fully saturated rings. The van der Waals surface area contributed by atoms with E-state index in [1.807, 2.05) is 0 Å². The van der Waals surface area contributed by atoms with Crippen molar-refractivity contribution in [3.05, 3.63) is 24.5 Å². The highest BCUT2D eigenvalue weighted by molar-refractivity contribution is 5.89. The summed E-state index contributed by atoms with van der Waals surface area (Å²) < 4.78 is 4.75. The van der Waals surface area contributed by atoms with Crippen LogP contribution in [0.4, 0.5) is 0 Å². The van der Waals surface area contributed by atoms with Crippen LogP contribution in [0.2, 0.25) is 0 Å². The molecule has 0 aromatic carbocycles. The highest BCUT2D eigenvalue weighted by Gasteiger charge is 2.02. The molecule has 0 atom stereocenters. The van der Waals surface area contributed by atoms with E-state index in [1.165, 1.54) is 7.11 Å². The van der Waals surface area contributed by atoms with Gasteiger partial charge in [-0.1, -0.05) is 20.4 Å². The number of ether oxygens (including phenoxy) is 1. The minimum absolute atomic E-state index is 0.249. The van der Waals surface area contributed by atoms with E-state index < -0.39 is 11.9 Å². The monoisotopic (exact) mass is 229 g/mol. The zero-order valence-electron chi connectivity index (χ0n) is 9.90. The SMILES string of the molecule is C=CC(=O)O.COC(=CCC(C)C)C(N)=O. The molecule has 0 bridgehead atoms. The molecule has 0 saturated heterocycles. The molecule has 0 aliphatic heterocycles. The van der Waals surface area contributed by atoms with Crippen LogP contribution in [0.3, 0.4) is 0 Å². The van der Waals surface area contributed by atoms with Gasteiger partial charge in [-0.05, 0) is 18.4 Å². The Hall–Kier alpha value is -1.78. The van der Waals surface area contributed by atoms with Crippen molar-refractivity contribution in [2.45, 2.75) is 20.3 Å². The smallest absolute Gasteiger partial charge is 0.327 e. The van der Waals surface area contributed by atoms with E-state index in [0.717, 1.165) is 12.5 Å². The zero-order valence-corrected chi connectivity index (χ0v) is 9.90. The van der Waals surface area contributed by atoms with Gasteiger partial charge in [0.1, 0.15) is 0 Å². The summed E-state index contributed by atoms with van der Waals surface area (Å²) in [6.07, 6.45) is 3.36. The van der Waals surface area contributed by atoms with Crippen molar-refractivity contribution in [3.63, 3.8) is 0 Å². The number of hydrogen-bond donors (Lipinski definition) is 2. The minimum Gasteiger partial charge on any atom is -0.491 e. The third kappa shape index (κ3) is 12.2. The maximum atomic E-state index is 10.6. The van der Waals surface area contributed by atoms with Gasteiger partial charge >= 0.3 is 5.97 Å². The van der Waals surface area contributed by atoms with Crippen LogP contribution in [0.1, 0.15) is 20.3 Å². The lowest BCUT2D eigenvalue weighted by molar-refractivity contribution is -0.131. The second-order valence-corrected chi connectivity index (χ2v) is 3.31. The second-order valence-electron chi connectivity index (χ2n) is 3.31. The molecule has 0 rings (SSSR count). The topological polar surface area (TPSA) is 89.6 Å². The number of methoxy groups -OCH3 is 1. The minimum atomic E-state index is -0.981. The molecule has 1 amide bonds. The highest BCUT2D eigenvalue weighted by atomic mass is 16.5. The fourth-order valence-corrected chi connectivity index (χ4v) is 0.627. The molecule has 0 aliphatic carbocycles. The summed E-state index contributed by atoms with van der Waals surface area (Å²) in [7, 11) is 1.44. The lowest BCUT2D eigenvalue weighted by atomic mass is 10.1. The summed E-state index contributed by atoms with van der Waals surface area (Å²) in [6, 6.07) is 0. The van der Waals surface area contributed by atoms with Crippen molar-refractivity contribution in [2.24, 2.45) is 11.7 Å². The van der Waals surface area contributed by atoms with E-state index in [2.05, 4.69) is 20.4 Å². The molecule has 92 valence electrons. The van der Waals surface area contributed by atoms with E-state index in [0.29, 0.717) is 5.92 Å². The fourth-order valence-electron chi connectivity index (χ4n) is 0.627. The number of hydrogen-bond acceptors (Lipinski definition) is 3. The van der Waals surface area contributed by atoms with Crippen LogP contribution in [0.25, 0.3) is 0 Å². The van der Waals surface area contributed by atoms with Gasteiger partial charge in [0.25, 0.3) is 5.91 Å². The largest absolute Gasteiger partial charge is 0.491 e. The average molecular weight is 229 g/mol. The molecule has 16 heavy (non-hydrogen) atoms. The summed E-state index contributed by atoms with van der Waals surface area (Å²) in [4.78, 5) is 19.8. The number of carbonyl (C=O) groups excluding carboxylic acids is 1. The highest BCUT2D eigenvalue weighted by Crippen LogP contribution is 2.04. The Kier molecular flexibility index (Phi) is 10.2. The van der Waals surface area contributed by atoms with Crippen LogP contribution >= 0.6 is 0 Å². The zero-order chi connectivity index (χ0) is 13.1. The normalized spacial score (nSPS) is 10.1. The van der Waals surface area contributed by atoms with Gasteiger partial charge in [-0.25, -0.2) is 4.79 Å². The standard InChI is InChI=1S/C8H15NO2.C3H4O2/c1-6(2)4-5-7(11-3)8(9)10;1-2-3(4)5/h5-6H,4H2,1-3H3,(H2,9,10);2H,1H2,(H,4,5). The Bertz CT molecular complexity index is 269. The number of carbonyl (C=O) groups is 2. The molecule has 0 spiro atoms. The first-order chi connectivity index (χ1) is 7.34. The van der Waals surface area contributed by atoms with Crippen molar-refractivity contribution in [2.75, 3.05) is 7.11 Å². The molecule has 5 nitrogen and oxygen atoms in total. The number of primary amides is 1. The molecule has 5 heteroatoms. The van der Waals surface area contributed by atoms with Crippen molar-refractivity contribution < 1.29 is 19.4 Å². The van der Waals surface area contributed by atoms with Crippen molar-refractivity contribution >= 4 is 11.9 Å². The quantitative estimate of drug-likeness (QED) is 0.549. The number of aliphatic carboxylic acids is 1. The number of rotatable bonds is 5. The van der Waals surface area contributed by atoms with Gasteiger partial charge < -0.3 is 15.6 Å². The predicted molar refractivity (Wildman–Crippen MR) is 61.6 cm³/mol. The Morgan fingerprint density at radius 1 is 1.50 bits per heavy atom. The van der Waals surface area contributed by atoms with Gasteiger partial charge in [-0.2, -0.15) is 0 Å². The summed E-state index contributed by atoms with van der Waals surface area (Å²) in [5.41, 5.74) is 5.00. The van der Waals surface area contributed by atoms with Crippen LogP contribution in [-0.2, 0) is 14.3 Å². The molecule has 3 N–H and O–H groups in total. The fraction of sp³-hybridized carbons (Fsp3) is 0.455. The summed E-state index contributed by atoms with van der Waals surface area (Å²) >= 11 is 0. The first-order valence-corrected chi connectivity index (χ1v) is 4.74. The number of carboxylic acids is 1. The summed E-state index contributed by atoms with van der Waals surface area (Å²) in [6.45, 7) is 7.08. The van der Waals surface area contributed by atoms with E-state index in [-0.39, 0.29) is 5.76 Å². The van der Waals surface area contributed by atoms with Crippen LogP contribution < -0.4 is 5.73 Å². The van der Waals surface area contributed by atoms with Crippen molar-refractivity contribution in [1.29, 1.82) is 0 Å². The molecule has 0 unspecified atom stereocenters. The molecular weight excluding hydrogens is 210 g/mol. The Balaban J connectivity index is 0. The molecular formula is C11H19NO4. The van der Waals surface area contributed by atoms with Gasteiger partial charge in [0.05, 0.1) is 7.11 Å². The van der Waals surface area contributed by atoms with E-state index in [9.17, 15) is 9.59 Å². The van der Waals surface area contributed by atoms with Crippen LogP contribution in [0.15, 0.2) is 24.5 Å². The van der Waals surface area contributed by atoms with Gasteiger partial charge in [-0.15, -0.1) is 0 Å². The molecule has 0 aliphatic rings. The van der Waals surface area contributed by atoms with Crippen molar-refractivity contribution in [1.82, 2.24) is 0 Å². The maximum absolute atomic E-state index is 10.6. The van der Waals surface area contributed by atoms with Gasteiger partial charge in [0.2, 0.25) is 0 Å². The summed E-state index contributed by atoms with van der Waals surface area (Å²) in [5.74, 6) is -0.726. The predicted octanol–water partition coefficient (Wildman–Crippen LogP) is 1.31. The maximum Gasteiger partial charge on any atom is 0.327 e. The Morgan fingerprint density at radius 3 is 2.12 bits per heavy atom. The lowest BCUT2D eigenvalue weighted by Gasteiger charge is -2.02. The van der Waals surface area contributed by atoms with Gasteiger partial charge in [0.15, 0.2) is 5.76 Å². The number of allylic oxidation sites excluding steroid dienone is 1. The van der Waals surface area contributed by atoms with Crippen molar-refractivity contribution in [3.8, 4) is 0 Å².